The number of rotatable bonds is 5. The van der Waals surface area contributed by atoms with Gasteiger partial charge in [-0.3, -0.25) is 4.79 Å². The van der Waals surface area contributed by atoms with Gasteiger partial charge >= 0.3 is 0 Å². The third-order valence-corrected chi connectivity index (χ3v) is 4.81. The molecule has 0 aliphatic rings. The summed E-state index contributed by atoms with van der Waals surface area (Å²) in [6.07, 6.45) is 0.757. The lowest BCUT2D eigenvalue weighted by atomic mass is 10.1. The monoisotopic (exact) mass is 403 g/mol. The summed E-state index contributed by atoms with van der Waals surface area (Å²) in [6, 6.07) is 23.1. The Kier molecular flexibility index (Phi) is 5.40. The molecule has 0 aliphatic heterocycles. The van der Waals surface area contributed by atoms with E-state index in [9.17, 15) is 4.79 Å². The molecule has 4 rings (SSSR count). The van der Waals surface area contributed by atoms with Gasteiger partial charge in [-0.2, -0.15) is 5.10 Å². The number of halogens is 1. The molecule has 1 aromatic heterocycles. The summed E-state index contributed by atoms with van der Waals surface area (Å²) in [5, 5.41) is 7.27. The van der Waals surface area contributed by atoms with Crippen LogP contribution in [0.1, 0.15) is 12.5 Å². The summed E-state index contributed by atoms with van der Waals surface area (Å²) >= 11 is 6.20. The molecule has 144 valence electrons. The van der Waals surface area contributed by atoms with E-state index in [0.29, 0.717) is 16.5 Å². The Labute approximate surface area is 173 Å². The fourth-order valence-electron chi connectivity index (χ4n) is 3.00. The van der Waals surface area contributed by atoms with E-state index in [4.69, 9.17) is 16.3 Å². The van der Waals surface area contributed by atoms with Crippen molar-refractivity contribution in [1.82, 2.24) is 10.4 Å². The van der Waals surface area contributed by atoms with Gasteiger partial charge in [0.15, 0.2) is 6.10 Å². The van der Waals surface area contributed by atoms with E-state index in [2.05, 4.69) is 15.5 Å². The maximum absolute atomic E-state index is 12.4. The number of amides is 1. The quantitative estimate of drug-likeness (QED) is 0.291. The van der Waals surface area contributed by atoms with Crippen LogP contribution in [0, 0.1) is 0 Å². The van der Waals surface area contributed by atoms with Gasteiger partial charge in [-0.1, -0.05) is 66.2 Å². The highest BCUT2D eigenvalue weighted by Gasteiger charge is 2.15. The van der Waals surface area contributed by atoms with Crippen molar-refractivity contribution in [3.8, 4) is 5.75 Å². The van der Waals surface area contributed by atoms with Crippen molar-refractivity contribution < 1.29 is 9.53 Å². The highest BCUT2D eigenvalue weighted by molar-refractivity contribution is 6.32. The normalized spacial score (nSPS) is 12.3. The SMILES string of the molecule is CC(Oc1cccc2ccccc12)C(=O)N/N=C/c1cc2ccccc2nc1Cl. The molecule has 29 heavy (non-hydrogen) atoms. The summed E-state index contributed by atoms with van der Waals surface area (Å²) in [4.78, 5) is 16.7. The van der Waals surface area contributed by atoms with Crippen molar-refractivity contribution in [2.24, 2.45) is 5.10 Å². The molecule has 6 heteroatoms. The van der Waals surface area contributed by atoms with Gasteiger partial charge in [0.25, 0.3) is 5.91 Å². The first-order valence-electron chi connectivity index (χ1n) is 9.14. The van der Waals surface area contributed by atoms with Crippen molar-refractivity contribution in [3.63, 3.8) is 0 Å². The minimum Gasteiger partial charge on any atom is -0.480 e. The molecule has 1 unspecified atom stereocenters. The molecule has 0 saturated heterocycles. The number of hydrogen-bond donors (Lipinski definition) is 1. The molecule has 0 aliphatic carbocycles. The van der Waals surface area contributed by atoms with Gasteiger partial charge in [-0.05, 0) is 30.5 Å². The number of ether oxygens (including phenoxy) is 1. The molecule has 0 bridgehead atoms. The summed E-state index contributed by atoms with van der Waals surface area (Å²) in [5.74, 6) is 0.288. The molecule has 1 N–H and O–H groups in total. The first-order valence-corrected chi connectivity index (χ1v) is 9.52. The van der Waals surface area contributed by atoms with Gasteiger partial charge in [0, 0.05) is 16.3 Å². The van der Waals surface area contributed by atoms with Gasteiger partial charge in [-0.25, -0.2) is 10.4 Å². The predicted octanol–water partition coefficient (Wildman–Crippen LogP) is 4.96. The van der Waals surface area contributed by atoms with Crippen LogP contribution in [0.2, 0.25) is 5.15 Å². The summed E-state index contributed by atoms with van der Waals surface area (Å²) in [5.41, 5.74) is 3.91. The molecule has 5 nitrogen and oxygen atoms in total. The molecule has 4 aromatic rings. The summed E-state index contributed by atoms with van der Waals surface area (Å²) in [6.45, 7) is 1.68. The first-order chi connectivity index (χ1) is 14.1. The summed E-state index contributed by atoms with van der Waals surface area (Å²) in [7, 11) is 0. The van der Waals surface area contributed by atoms with Crippen LogP contribution >= 0.6 is 11.6 Å². The Bertz CT molecular complexity index is 1220. The Morgan fingerprint density at radius 3 is 2.66 bits per heavy atom. The fraction of sp³-hybridized carbons (Fsp3) is 0.0870. The Morgan fingerprint density at radius 1 is 1.07 bits per heavy atom. The average Bonchev–Trinajstić information content (AvgIpc) is 2.74. The van der Waals surface area contributed by atoms with Crippen LogP contribution in [-0.4, -0.2) is 23.2 Å². The van der Waals surface area contributed by atoms with E-state index in [0.717, 1.165) is 21.7 Å². The van der Waals surface area contributed by atoms with E-state index >= 15 is 0 Å². The molecular weight excluding hydrogens is 386 g/mol. The van der Waals surface area contributed by atoms with Crippen LogP contribution in [0.25, 0.3) is 21.7 Å². The molecule has 1 atom stereocenters. The third-order valence-electron chi connectivity index (χ3n) is 4.51. The van der Waals surface area contributed by atoms with E-state index < -0.39 is 6.10 Å². The molecule has 0 saturated carbocycles. The van der Waals surface area contributed by atoms with Gasteiger partial charge in [0.05, 0.1) is 11.7 Å². The smallest absolute Gasteiger partial charge is 0.280 e. The number of fused-ring (bicyclic) bond motifs is 2. The molecular formula is C23H18ClN3O2. The minimum absolute atomic E-state index is 0.321. The lowest BCUT2D eigenvalue weighted by Crippen LogP contribution is -2.33. The molecule has 0 spiro atoms. The van der Waals surface area contributed by atoms with Gasteiger partial charge in [-0.15, -0.1) is 0 Å². The largest absolute Gasteiger partial charge is 0.480 e. The number of carbonyl (C=O) groups excluding carboxylic acids is 1. The van der Waals surface area contributed by atoms with Crippen molar-refractivity contribution in [2.75, 3.05) is 0 Å². The van der Waals surface area contributed by atoms with Crippen LogP contribution in [0.5, 0.6) is 5.75 Å². The topological polar surface area (TPSA) is 63.6 Å². The van der Waals surface area contributed by atoms with Crippen LogP contribution in [0.4, 0.5) is 0 Å². The van der Waals surface area contributed by atoms with E-state index in [1.165, 1.54) is 6.21 Å². The van der Waals surface area contributed by atoms with E-state index in [1.807, 2.05) is 72.8 Å². The molecule has 1 amide bonds. The number of pyridine rings is 1. The number of nitrogens with zero attached hydrogens (tertiary/aromatic N) is 2. The van der Waals surface area contributed by atoms with Crippen LogP contribution in [-0.2, 0) is 4.79 Å². The number of carbonyl (C=O) groups is 1. The van der Waals surface area contributed by atoms with Crippen LogP contribution < -0.4 is 10.2 Å². The lowest BCUT2D eigenvalue weighted by Gasteiger charge is -2.14. The van der Waals surface area contributed by atoms with Crippen molar-refractivity contribution in [2.45, 2.75) is 13.0 Å². The first kappa shape index (κ1) is 18.9. The van der Waals surface area contributed by atoms with Crippen molar-refractivity contribution in [1.29, 1.82) is 0 Å². The molecule has 0 radical (unpaired) electrons. The van der Waals surface area contributed by atoms with Gasteiger partial charge < -0.3 is 4.74 Å². The van der Waals surface area contributed by atoms with Crippen molar-refractivity contribution >= 4 is 45.4 Å². The Balaban J connectivity index is 1.44. The number of nitrogens with one attached hydrogen (secondary N) is 1. The van der Waals surface area contributed by atoms with E-state index in [-0.39, 0.29) is 5.91 Å². The van der Waals surface area contributed by atoms with Crippen LogP contribution in [0.3, 0.4) is 0 Å². The lowest BCUT2D eigenvalue weighted by molar-refractivity contribution is -0.127. The molecule has 0 fully saturated rings. The standard InChI is InChI=1S/C23H18ClN3O2/c1-15(29-21-12-6-9-16-7-2-4-10-19(16)21)23(28)27-25-14-18-13-17-8-3-5-11-20(17)26-22(18)24/h2-15H,1H3,(H,27,28)/b25-14+. The molecule has 3 aromatic carbocycles. The minimum atomic E-state index is -0.719. The number of benzene rings is 3. The Hall–Kier alpha value is -3.44. The second-order valence-electron chi connectivity index (χ2n) is 6.53. The number of aromatic nitrogens is 1. The zero-order valence-electron chi connectivity index (χ0n) is 15.7. The summed E-state index contributed by atoms with van der Waals surface area (Å²) < 4.78 is 5.85. The number of para-hydroxylation sites is 1. The van der Waals surface area contributed by atoms with E-state index in [1.54, 1.807) is 6.92 Å². The Morgan fingerprint density at radius 2 is 1.79 bits per heavy atom. The van der Waals surface area contributed by atoms with Crippen LogP contribution in [0.15, 0.2) is 77.9 Å². The number of hydrazone groups is 1. The predicted molar refractivity (Wildman–Crippen MR) is 117 cm³/mol. The molecule has 1 heterocycles. The number of hydrogen-bond acceptors (Lipinski definition) is 4. The van der Waals surface area contributed by atoms with Gasteiger partial charge in [0.2, 0.25) is 0 Å². The zero-order chi connectivity index (χ0) is 20.2. The average molecular weight is 404 g/mol. The second-order valence-corrected chi connectivity index (χ2v) is 6.89. The van der Waals surface area contributed by atoms with Crippen molar-refractivity contribution in [3.05, 3.63) is 83.5 Å². The van der Waals surface area contributed by atoms with Gasteiger partial charge in [0.1, 0.15) is 10.9 Å². The highest BCUT2D eigenvalue weighted by atomic mass is 35.5. The fourth-order valence-corrected chi connectivity index (χ4v) is 3.19. The third kappa shape index (κ3) is 4.20. The zero-order valence-corrected chi connectivity index (χ0v) is 16.4. The highest BCUT2D eigenvalue weighted by Crippen LogP contribution is 2.26. The second kappa shape index (κ2) is 8.29. The maximum Gasteiger partial charge on any atom is 0.280 e. The maximum atomic E-state index is 12.4.